The van der Waals surface area contributed by atoms with Crippen LogP contribution in [-0.4, -0.2) is 29.5 Å². The Balaban J connectivity index is 1.72. The van der Waals surface area contributed by atoms with Crippen molar-refractivity contribution in [1.29, 1.82) is 0 Å². The summed E-state index contributed by atoms with van der Waals surface area (Å²) < 4.78 is 15.4. The molecule has 4 heterocycles. The van der Waals surface area contributed by atoms with E-state index >= 15 is 0 Å². The van der Waals surface area contributed by atoms with E-state index in [4.69, 9.17) is 11.6 Å². The molecule has 0 spiro atoms. The number of halogens is 2. The van der Waals surface area contributed by atoms with Gasteiger partial charge in [-0.2, -0.15) is 0 Å². The van der Waals surface area contributed by atoms with Gasteiger partial charge in [0.25, 0.3) is 5.56 Å². The van der Waals surface area contributed by atoms with Gasteiger partial charge in [0.2, 0.25) is 0 Å². The summed E-state index contributed by atoms with van der Waals surface area (Å²) in [7, 11) is 0. The smallest absolute Gasteiger partial charge is 0.264 e. The highest BCUT2D eigenvalue weighted by Gasteiger charge is 2.19. The van der Waals surface area contributed by atoms with Gasteiger partial charge in [-0.25, -0.2) is 19.3 Å². The van der Waals surface area contributed by atoms with Crippen molar-refractivity contribution in [2.45, 2.75) is 13.0 Å². The number of nitrogens with zero attached hydrogens (tertiary/aromatic N) is 5. The van der Waals surface area contributed by atoms with Crippen LogP contribution in [0.25, 0.3) is 27.6 Å². The van der Waals surface area contributed by atoms with Gasteiger partial charge in [0, 0.05) is 11.8 Å². The largest absolute Gasteiger partial charge is 0.360 e. The fourth-order valence-electron chi connectivity index (χ4n) is 3.60. The van der Waals surface area contributed by atoms with Crippen LogP contribution in [0.1, 0.15) is 18.7 Å². The average Bonchev–Trinajstić information content (AvgIpc) is 3.23. The molecule has 0 saturated carbocycles. The summed E-state index contributed by atoms with van der Waals surface area (Å²) in [6.45, 7) is 1.87. The third-order valence-electron chi connectivity index (χ3n) is 4.99. The van der Waals surface area contributed by atoms with E-state index in [2.05, 4.69) is 30.2 Å². The maximum atomic E-state index is 13.9. The molecule has 0 aliphatic carbocycles. The lowest BCUT2D eigenvalue weighted by Gasteiger charge is -2.21. The molecule has 5 aromatic rings. The molecule has 0 amide bonds. The summed E-state index contributed by atoms with van der Waals surface area (Å²) in [5.74, 6) is -0.0504. The van der Waals surface area contributed by atoms with E-state index in [-0.39, 0.29) is 5.56 Å². The molecule has 0 aliphatic heterocycles. The highest BCUT2D eigenvalue weighted by molar-refractivity contribution is 6.35. The van der Waals surface area contributed by atoms with Crippen LogP contribution in [0, 0.1) is 5.82 Å². The Labute approximate surface area is 179 Å². The summed E-state index contributed by atoms with van der Waals surface area (Å²) in [6, 6.07) is 7.92. The maximum Gasteiger partial charge on any atom is 0.264 e. The zero-order chi connectivity index (χ0) is 21.5. The fourth-order valence-corrected chi connectivity index (χ4v) is 3.86. The van der Waals surface area contributed by atoms with Gasteiger partial charge in [0.15, 0.2) is 11.5 Å². The predicted octanol–water partition coefficient (Wildman–Crippen LogP) is 4.02. The van der Waals surface area contributed by atoms with Crippen molar-refractivity contribution in [1.82, 2.24) is 29.5 Å². The topological polar surface area (TPSA) is 101 Å². The molecule has 0 saturated heterocycles. The third kappa shape index (κ3) is 3.28. The quantitative estimate of drug-likeness (QED) is 0.442. The van der Waals surface area contributed by atoms with Crippen molar-refractivity contribution in [2.75, 3.05) is 5.32 Å². The second-order valence-corrected chi connectivity index (χ2v) is 7.37. The molecule has 2 N–H and O–H groups in total. The highest BCUT2D eigenvalue weighted by Crippen LogP contribution is 2.28. The van der Waals surface area contributed by atoms with Crippen LogP contribution in [0.4, 0.5) is 10.2 Å². The molecule has 10 heteroatoms. The zero-order valence-corrected chi connectivity index (χ0v) is 16.9. The van der Waals surface area contributed by atoms with Gasteiger partial charge in [0.1, 0.15) is 17.7 Å². The van der Waals surface area contributed by atoms with Gasteiger partial charge in [0.05, 0.1) is 40.9 Å². The maximum absolute atomic E-state index is 13.9. The van der Waals surface area contributed by atoms with Crippen molar-refractivity contribution in [3.63, 3.8) is 0 Å². The average molecular weight is 436 g/mol. The molecule has 0 bridgehead atoms. The van der Waals surface area contributed by atoms with E-state index in [0.717, 1.165) is 6.20 Å². The molecule has 8 nitrogen and oxygen atoms in total. The van der Waals surface area contributed by atoms with E-state index < -0.39 is 11.9 Å². The molecule has 0 fully saturated rings. The fraction of sp³-hybridized carbons (Fsp3) is 0.0952. The van der Waals surface area contributed by atoms with Gasteiger partial charge in [-0.3, -0.25) is 14.3 Å². The predicted molar refractivity (Wildman–Crippen MR) is 116 cm³/mol. The first kappa shape index (κ1) is 19.1. The number of H-pyrrole nitrogens is 1. The number of imidazole rings is 1. The van der Waals surface area contributed by atoms with Crippen LogP contribution >= 0.6 is 11.6 Å². The first-order valence-corrected chi connectivity index (χ1v) is 9.76. The van der Waals surface area contributed by atoms with Crippen molar-refractivity contribution in [3.05, 3.63) is 82.3 Å². The van der Waals surface area contributed by atoms with E-state index in [9.17, 15) is 9.18 Å². The Morgan fingerprint density at radius 2 is 2.06 bits per heavy atom. The summed E-state index contributed by atoms with van der Waals surface area (Å²) in [6.07, 6.45) is 5.46. The molecule has 0 radical (unpaired) electrons. The summed E-state index contributed by atoms with van der Waals surface area (Å²) in [5, 5.41) is 4.62. The normalized spacial score (nSPS) is 12.4. The van der Waals surface area contributed by atoms with Gasteiger partial charge >= 0.3 is 0 Å². The van der Waals surface area contributed by atoms with Crippen LogP contribution in [0.5, 0.6) is 0 Å². The van der Waals surface area contributed by atoms with Crippen LogP contribution in [0.3, 0.4) is 0 Å². The van der Waals surface area contributed by atoms with Crippen molar-refractivity contribution < 1.29 is 4.39 Å². The van der Waals surface area contributed by atoms with Crippen LogP contribution in [-0.2, 0) is 0 Å². The molecule has 1 unspecified atom stereocenters. The van der Waals surface area contributed by atoms with E-state index in [0.29, 0.717) is 44.2 Å². The Morgan fingerprint density at radius 3 is 2.90 bits per heavy atom. The standard InChI is InChI=1S/C21H15ClFN7O/c1-11(29-20-18-19(26-9-25-18)27-10-28-20)16-5-12-3-2-4-15(22)17(12)21(31)30(16)14-6-13(23)7-24-8-14/h2-11H,1H3,(H2,25,26,27,28,29). The second-order valence-electron chi connectivity index (χ2n) is 6.96. The van der Waals surface area contributed by atoms with Crippen molar-refractivity contribution >= 4 is 39.4 Å². The van der Waals surface area contributed by atoms with Crippen molar-refractivity contribution in [2.24, 2.45) is 0 Å². The molecule has 5 rings (SSSR count). The van der Waals surface area contributed by atoms with Gasteiger partial charge < -0.3 is 10.3 Å². The number of anilines is 1. The zero-order valence-electron chi connectivity index (χ0n) is 16.2. The number of aromatic amines is 1. The van der Waals surface area contributed by atoms with Gasteiger partial charge in [-0.05, 0) is 24.4 Å². The molecule has 31 heavy (non-hydrogen) atoms. The molecule has 1 aromatic carbocycles. The van der Waals surface area contributed by atoms with E-state index in [1.807, 2.05) is 19.1 Å². The minimum Gasteiger partial charge on any atom is -0.360 e. The highest BCUT2D eigenvalue weighted by atomic mass is 35.5. The second kappa shape index (κ2) is 7.44. The van der Waals surface area contributed by atoms with E-state index in [1.165, 1.54) is 29.5 Å². The van der Waals surface area contributed by atoms with Gasteiger partial charge in [-0.15, -0.1) is 0 Å². The lowest BCUT2D eigenvalue weighted by atomic mass is 10.1. The molecule has 0 aliphatic rings. The van der Waals surface area contributed by atoms with E-state index in [1.54, 1.807) is 12.1 Å². The summed E-state index contributed by atoms with van der Waals surface area (Å²) in [4.78, 5) is 33.0. The Bertz CT molecular complexity index is 1500. The third-order valence-corrected chi connectivity index (χ3v) is 5.30. The number of rotatable bonds is 4. The van der Waals surface area contributed by atoms with Crippen LogP contribution in [0.2, 0.25) is 5.02 Å². The Morgan fingerprint density at radius 1 is 1.19 bits per heavy atom. The number of fused-ring (bicyclic) bond motifs is 2. The number of hydrogen-bond donors (Lipinski definition) is 2. The minimum absolute atomic E-state index is 0.295. The van der Waals surface area contributed by atoms with Crippen LogP contribution in [0.15, 0.2) is 60.2 Å². The summed E-state index contributed by atoms with van der Waals surface area (Å²) >= 11 is 6.32. The molecule has 1 atom stereocenters. The SMILES string of the molecule is CC(Nc1ncnc2[nH]cnc12)c1cc2cccc(Cl)c2c(=O)n1-c1cncc(F)c1. The number of aromatic nitrogens is 6. The monoisotopic (exact) mass is 435 g/mol. The minimum atomic E-state index is -0.552. The molecule has 154 valence electrons. The van der Waals surface area contributed by atoms with Crippen molar-refractivity contribution in [3.8, 4) is 5.69 Å². The molecule has 4 aromatic heterocycles. The molecular weight excluding hydrogens is 421 g/mol. The number of nitrogens with one attached hydrogen (secondary N) is 2. The Kier molecular flexibility index (Phi) is 4.59. The summed E-state index contributed by atoms with van der Waals surface area (Å²) in [5.41, 5.74) is 1.66. The first-order chi connectivity index (χ1) is 15.0. The first-order valence-electron chi connectivity index (χ1n) is 9.38. The van der Waals surface area contributed by atoms with Gasteiger partial charge in [-0.1, -0.05) is 23.7 Å². The number of pyridine rings is 2. The number of hydrogen-bond acceptors (Lipinski definition) is 6. The van der Waals surface area contributed by atoms with Crippen LogP contribution < -0.4 is 10.9 Å². The Hall–Kier alpha value is -3.85. The lowest BCUT2D eigenvalue weighted by Crippen LogP contribution is -2.26. The lowest BCUT2D eigenvalue weighted by molar-refractivity contribution is 0.618. The number of benzene rings is 1. The molecular formula is C21H15ClFN7O.